The number of fused-ring (bicyclic) bond motifs is 1. The van der Waals surface area contributed by atoms with Crippen LogP contribution in [0.3, 0.4) is 0 Å². The fourth-order valence-electron chi connectivity index (χ4n) is 2.57. The molecule has 94 valence electrons. The fourth-order valence-corrected chi connectivity index (χ4v) is 2.57. The van der Waals surface area contributed by atoms with Gasteiger partial charge in [0.25, 0.3) is 5.97 Å². The first-order valence-electron chi connectivity index (χ1n) is 6.07. The predicted octanol–water partition coefficient (Wildman–Crippen LogP) is 2.13. The highest BCUT2D eigenvalue weighted by molar-refractivity contribution is 4.88. The lowest BCUT2D eigenvalue weighted by atomic mass is 9.83. The van der Waals surface area contributed by atoms with Crippen molar-refractivity contribution in [3.63, 3.8) is 0 Å². The molecule has 6 atom stereocenters. The molecule has 0 spiro atoms. The molecule has 4 heteroatoms. The lowest BCUT2D eigenvalue weighted by molar-refractivity contribution is -0.333. The molecule has 0 aromatic carbocycles. The third kappa shape index (κ3) is 1.88. The molecule has 3 unspecified atom stereocenters. The van der Waals surface area contributed by atoms with Gasteiger partial charge in [-0.3, -0.25) is 4.74 Å². The lowest BCUT2D eigenvalue weighted by Crippen LogP contribution is -2.47. The zero-order valence-corrected chi connectivity index (χ0v) is 10.7. The molecule has 16 heavy (non-hydrogen) atoms. The minimum Gasteiger partial charge on any atom is -0.346 e. The molecule has 2 aliphatic rings. The summed E-state index contributed by atoms with van der Waals surface area (Å²) in [6.07, 6.45) is 0.935. The first-order chi connectivity index (χ1) is 7.50. The molecule has 0 amide bonds. The van der Waals surface area contributed by atoms with Crippen LogP contribution in [0.2, 0.25) is 0 Å². The summed E-state index contributed by atoms with van der Waals surface area (Å²) in [6.45, 7) is 8.33. The number of ether oxygens (including phenoxy) is 4. The van der Waals surface area contributed by atoms with E-state index in [2.05, 4.69) is 20.8 Å². The number of rotatable bonds is 2. The molecule has 0 aromatic heterocycles. The van der Waals surface area contributed by atoms with Crippen molar-refractivity contribution in [3.05, 3.63) is 0 Å². The minimum atomic E-state index is -0.952. The molecule has 0 aromatic rings. The van der Waals surface area contributed by atoms with Gasteiger partial charge in [0.05, 0.1) is 6.10 Å². The molecule has 2 fully saturated rings. The van der Waals surface area contributed by atoms with Crippen molar-refractivity contribution in [1.29, 1.82) is 0 Å². The monoisotopic (exact) mass is 230 g/mol. The maximum Gasteiger partial charge on any atom is 0.282 e. The fraction of sp³-hybridized carbons (Fsp3) is 1.00. The van der Waals surface area contributed by atoms with Crippen LogP contribution in [0, 0.1) is 11.8 Å². The maximum atomic E-state index is 5.91. The third-order valence-electron chi connectivity index (χ3n) is 3.96. The smallest absolute Gasteiger partial charge is 0.282 e. The largest absolute Gasteiger partial charge is 0.346 e. The molecule has 0 aliphatic carbocycles. The van der Waals surface area contributed by atoms with Crippen molar-refractivity contribution in [3.8, 4) is 0 Å². The van der Waals surface area contributed by atoms with Crippen LogP contribution in [0.15, 0.2) is 0 Å². The average Bonchev–Trinajstić information content (AvgIpc) is 2.62. The van der Waals surface area contributed by atoms with Crippen LogP contribution in [-0.2, 0) is 18.9 Å². The molecule has 2 heterocycles. The molecule has 0 radical (unpaired) electrons. The highest BCUT2D eigenvalue weighted by Crippen LogP contribution is 2.42. The Balaban J connectivity index is 2.13. The third-order valence-corrected chi connectivity index (χ3v) is 3.96. The maximum absolute atomic E-state index is 5.91. The van der Waals surface area contributed by atoms with Gasteiger partial charge in [0.2, 0.25) is 0 Å². The van der Waals surface area contributed by atoms with Crippen molar-refractivity contribution < 1.29 is 18.9 Å². The molecule has 2 rings (SSSR count). The quantitative estimate of drug-likeness (QED) is 0.728. The minimum absolute atomic E-state index is 0.0252. The molecule has 0 bridgehead atoms. The van der Waals surface area contributed by atoms with Gasteiger partial charge in [-0.2, -0.15) is 0 Å². The van der Waals surface area contributed by atoms with Gasteiger partial charge in [-0.25, -0.2) is 0 Å². The molecule has 2 saturated heterocycles. The van der Waals surface area contributed by atoms with Crippen molar-refractivity contribution in [2.75, 3.05) is 7.11 Å². The Labute approximate surface area is 97.2 Å². The second-order valence-electron chi connectivity index (χ2n) is 4.94. The van der Waals surface area contributed by atoms with Gasteiger partial charge in [0.1, 0.15) is 6.10 Å². The van der Waals surface area contributed by atoms with Crippen molar-refractivity contribution in [2.24, 2.45) is 11.8 Å². The van der Waals surface area contributed by atoms with Gasteiger partial charge in [-0.15, -0.1) is 0 Å². The Bertz CT molecular complexity index is 257. The van der Waals surface area contributed by atoms with Crippen LogP contribution in [-0.4, -0.2) is 31.6 Å². The molecule has 0 N–H and O–H groups in total. The summed E-state index contributed by atoms with van der Waals surface area (Å²) in [6, 6.07) is 0. The van der Waals surface area contributed by atoms with E-state index in [4.69, 9.17) is 18.9 Å². The van der Waals surface area contributed by atoms with Gasteiger partial charge in [0, 0.05) is 14.0 Å². The van der Waals surface area contributed by atoms with Crippen LogP contribution >= 0.6 is 0 Å². The molecule has 4 nitrogen and oxygen atoms in total. The summed E-state index contributed by atoms with van der Waals surface area (Å²) in [5.41, 5.74) is 0. The van der Waals surface area contributed by atoms with Gasteiger partial charge in [-0.05, 0) is 18.3 Å². The van der Waals surface area contributed by atoms with E-state index in [0.29, 0.717) is 11.8 Å². The standard InChI is InChI=1S/C12H22O4/c1-6-9-7(2)8(3)10-11(14-9)16-12(4,13-5)15-10/h7-11H,6H2,1-5H3/t7-,8+,9?,10?,11-,12?/m1/s1. The Kier molecular flexibility index (Phi) is 3.27. The summed E-state index contributed by atoms with van der Waals surface area (Å²) in [7, 11) is 1.59. The van der Waals surface area contributed by atoms with E-state index in [9.17, 15) is 0 Å². The van der Waals surface area contributed by atoms with Gasteiger partial charge >= 0.3 is 0 Å². The Morgan fingerprint density at radius 3 is 2.44 bits per heavy atom. The van der Waals surface area contributed by atoms with Crippen LogP contribution in [0.4, 0.5) is 0 Å². The first kappa shape index (κ1) is 12.3. The lowest BCUT2D eigenvalue weighted by Gasteiger charge is -2.39. The van der Waals surface area contributed by atoms with Crippen LogP contribution in [0.5, 0.6) is 0 Å². The van der Waals surface area contributed by atoms with E-state index in [1.807, 2.05) is 0 Å². The van der Waals surface area contributed by atoms with Crippen molar-refractivity contribution >= 4 is 0 Å². The highest BCUT2D eigenvalue weighted by atomic mass is 16.9. The number of methoxy groups -OCH3 is 1. The van der Waals surface area contributed by atoms with E-state index in [1.165, 1.54) is 0 Å². The Morgan fingerprint density at radius 1 is 1.19 bits per heavy atom. The van der Waals surface area contributed by atoms with Crippen LogP contribution in [0.1, 0.15) is 34.1 Å². The second-order valence-corrected chi connectivity index (χ2v) is 4.94. The molecule has 0 saturated carbocycles. The Morgan fingerprint density at radius 2 is 1.88 bits per heavy atom. The number of hydrogen-bond donors (Lipinski definition) is 0. The first-order valence-corrected chi connectivity index (χ1v) is 6.07. The van der Waals surface area contributed by atoms with E-state index >= 15 is 0 Å². The average molecular weight is 230 g/mol. The summed E-state index contributed by atoms with van der Waals surface area (Å²) in [5, 5.41) is 0. The van der Waals surface area contributed by atoms with Crippen molar-refractivity contribution in [1.82, 2.24) is 0 Å². The van der Waals surface area contributed by atoms with E-state index in [0.717, 1.165) is 6.42 Å². The van der Waals surface area contributed by atoms with Crippen LogP contribution in [0.25, 0.3) is 0 Å². The zero-order chi connectivity index (χ0) is 11.9. The van der Waals surface area contributed by atoms with Crippen LogP contribution < -0.4 is 0 Å². The van der Waals surface area contributed by atoms with Gasteiger partial charge < -0.3 is 14.2 Å². The SMILES string of the molecule is CCC1O[C@@H]2OC(C)(OC)OC2[C@@H](C)[C@H]1C. The Hall–Kier alpha value is -0.160. The summed E-state index contributed by atoms with van der Waals surface area (Å²) in [4.78, 5) is 0. The normalized spacial score (nSPS) is 52.7. The highest BCUT2D eigenvalue weighted by Gasteiger charge is 2.53. The number of hydrogen-bond acceptors (Lipinski definition) is 4. The second kappa shape index (κ2) is 4.26. The van der Waals surface area contributed by atoms with E-state index < -0.39 is 5.97 Å². The molecule has 2 aliphatic heterocycles. The summed E-state index contributed by atoms with van der Waals surface area (Å²) >= 11 is 0. The topological polar surface area (TPSA) is 36.9 Å². The van der Waals surface area contributed by atoms with Gasteiger partial charge in [-0.1, -0.05) is 20.8 Å². The van der Waals surface area contributed by atoms with Gasteiger partial charge in [0.15, 0.2) is 6.29 Å². The summed E-state index contributed by atoms with van der Waals surface area (Å²) in [5.74, 6) is -0.0545. The molecular formula is C12H22O4. The van der Waals surface area contributed by atoms with E-state index in [1.54, 1.807) is 14.0 Å². The zero-order valence-electron chi connectivity index (χ0n) is 10.7. The van der Waals surface area contributed by atoms with Crippen molar-refractivity contribution in [2.45, 2.75) is 58.6 Å². The molecular weight excluding hydrogens is 208 g/mol. The van der Waals surface area contributed by atoms with E-state index in [-0.39, 0.29) is 18.5 Å². The predicted molar refractivity (Wildman–Crippen MR) is 58.7 cm³/mol. The summed E-state index contributed by atoms with van der Waals surface area (Å²) < 4.78 is 22.6.